The molecule has 268 valence electrons. The first-order valence-electron chi connectivity index (χ1n) is 17.2. The first-order valence-corrected chi connectivity index (χ1v) is 17.2. The highest BCUT2D eigenvalue weighted by atomic mass is 19.1. The van der Waals surface area contributed by atoms with Gasteiger partial charge in [-0.2, -0.15) is 0 Å². The molecule has 0 aliphatic carbocycles. The first kappa shape index (κ1) is 36.7. The molecule has 5 rings (SSSR count). The van der Waals surface area contributed by atoms with Gasteiger partial charge in [0.25, 0.3) is 0 Å². The average Bonchev–Trinajstić information content (AvgIpc) is 3.58. The van der Waals surface area contributed by atoms with E-state index in [4.69, 9.17) is 15.2 Å². The zero-order valence-corrected chi connectivity index (χ0v) is 29.3. The van der Waals surface area contributed by atoms with Gasteiger partial charge < -0.3 is 25.4 Å². The maximum absolute atomic E-state index is 14.4. The summed E-state index contributed by atoms with van der Waals surface area (Å²) in [7, 11) is 1.55. The highest BCUT2D eigenvalue weighted by Crippen LogP contribution is 2.24. The second-order valence-corrected chi connectivity index (χ2v) is 14.2. The lowest BCUT2D eigenvalue weighted by molar-refractivity contribution is -0.144. The number of likely N-dealkylation sites (tertiary alicyclic amines) is 1. The van der Waals surface area contributed by atoms with Gasteiger partial charge in [0.15, 0.2) is 0 Å². The van der Waals surface area contributed by atoms with Crippen molar-refractivity contribution in [1.29, 1.82) is 0 Å². The SMILES string of the molecule is COC[C@H]1CN([C@@H](Cc2ccc3ccccc3c2)C(N)=O)CCN1C(=O)[C@@H](Cc1ccc(F)cc1)NC(=O)C1CCCN1C(=O)OC(C)(C)C. The maximum Gasteiger partial charge on any atom is 0.410 e. The van der Waals surface area contributed by atoms with Crippen molar-refractivity contribution in [3.05, 3.63) is 83.7 Å². The van der Waals surface area contributed by atoms with Crippen molar-refractivity contribution in [3.8, 4) is 0 Å². The van der Waals surface area contributed by atoms with Gasteiger partial charge in [-0.3, -0.25) is 24.2 Å². The fraction of sp³-hybridized carbons (Fsp3) is 0.474. The van der Waals surface area contributed by atoms with Gasteiger partial charge in [-0.05, 0) is 74.1 Å². The number of nitrogens with two attached hydrogens (primary N) is 1. The molecule has 4 atom stereocenters. The van der Waals surface area contributed by atoms with Gasteiger partial charge in [0.2, 0.25) is 17.7 Å². The van der Waals surface area contributed by atoms with E-state index in [1.165, 1.54) is 17.0 Å². The molecule has 2 fully saturated rings. The van der Waals surface area contributed by atoms with E-state index in [0.717, 1.165) is 16.3 Å². The quantitative estimate of drug-likeness (QED) is 0.314. The number of carbonyl (C=O) groups is 4. The molecule has 2 aliphatic rings. The van der Waals surface area contributed by atoms with Crippen LogP contribution in [0.15, 0.2) is 66.7 Å². The summed E-state index contributed by atoms with van der Waals surface area (Å²) in [5, 5.41) is 5.10. The number of hydrogen-bond donors (Lipinski definition) is 2. The number of nitrogens with one attached hydrogen (secondary N) is 1. The van der Waals surface area contributed by atoms with Crippen LogP contribution in [0.25, 0.3) is 10.8 Å². The second kappa shape index (κ2) is 16.0. The molecule has 0 aromatic heterocycles. The maximum atomic E-state index is 14.4. The summed E-state index contributed by atoms with van der Waals surface area (Å²) in [5.41, 5.74) is 6.87. The molecular formula is C38H48FN5O6. The number of carbonyl (C=O) groups excluding carboxylic acids is 4. The zero-order valence-electron chi connectivity index (χ0n) is 29.3. The molecule has 11 nitrogen and oxygen atoms in total. The summed E-state index contributed by atoms with van der Waals surface area (Å²) >= 11 is 0. The Morgan fingerprint density at radius 1 is 0.920 bits per heavy atom. The summed E-state index contributed by atoms with van der Waals surface area (Å²) < 4.78 is 24.9. The van der Waals surface area contributed by atoms with E-state index in [-0.39, 0.29) is 25.5 Å². The molecule has 0 spiro atoms. The van der Waals surface area contributed by atoms with Crippen molar-refractivity contribution in [2.45, 2.75) is 76.2 Å². The van der Waals surface area contributed by atoms with E-state index >= 15 is 0 Å². The summed E-state index contributed by atoms with van der Waals surface area (Å²) in [5.74, 6) is -1.67. The van der Waals surface area contributed by atoms with Crippen molar-refractivity contribution >= 4 is 34.6 Å². The van der Waals surface area contributed by atoms with Crippen LogP contribution in [0.4, 0.5) is 9.18 Å². The van der Waals surface area contributed by atoms with Crippen LogP contribution in [0.5, 0.6) is 0 Å². The molecule has 0 radical (unpaired) electrons. The van der Waals surface area contributed by atoms with E-state index in [0.29, 0.717) is 44.5 Å². The predicted octanol–water partition coefficient (Wildman–Crippen LogP) is 3.66. The molecular weight excluding hydrogens is 641 g/mol. The number of benzene rings is 3. The normalized spacial score (nSPS) is 19.6. The molecule has 50 heavy (non-hydrogen) atoms. The third-order valence-corrected chi connectivity index (χ3v) is 9.32. The van der Waals surface area contributed by atoms with Crippen LogP contribution in [-0.4, -0.2) is 108 Å². The van der Waals surface area contributed by atoms with Gasteiger partial charge in [0.1, 0.15) is 23.5 Å². The highest BCUT2D eigenvalue weighted by Gasteiger charge is 2.41. The summed E-state index contributed by atoms with van der Waals surface area (Å²) in [6.45, 7) is 6.80. The molecule has 0 saturated carbocycles. The molecule has 2 saturated heterocycles. The number of fused-ring (bicyclic) bond motifs is 1. The van der Waals surface area contributed by atoms with Gasteiger partial charge in [-0.1, -0.05) is 54.6 Å². The molecule has 3 N–H and O–H groups in total. The minimum absolute atomic E-state index is 0.107. The van der Waals surface area contributed by atoms with Gasteiger partial charge in [0, 0.05) is 39.7 Å². The van der Waals surface area contributed by atoms with Crippen molar-refractivity contribution < 1.29 is 33.0 Å². The Morgan fingerprint density at radius 3 is 2.30 bits per heavy atom. The average molecular weight is 690 g/mol. The lowest BCUT2D eigenvalue weighted by atomic mass is 9.98. The number of hydrogen-bond acceptors (Lipinski definition) is 7. The third-order valence-electron chi connectivity index (χ3n) is 9.32. The molecule has 0 bridgehead atoms. The Labute approximate surface area is 292 Å². The van der Waals surface area contributed by atoms with Crippen LogP contribution in [0.3, 0.4) is 0 Å². The topological polar surface area (TPSA) is 135 Å². The lowest BCUT2D eigenvalue weighted by Gasteiger charge is -2.44. The third kappa shape index (κ3) is 9.16. The van der Waals surface area contributed by atoms with Crippen LogP contribution in [0, 0.1) is 5.82 Å². The minimum atomic E-state index is -1.01. The Balaban J connectivity index is 1.34. The first-order chi connectivity index (χ1) is 23.8. The molecule has 2 aliphatic heterocycles. The molecule has 2 heterocycles. The monoisotopic (exact) mass is 689 g/mol. The smallest absolute Gasteiger partial charge is 0.410 e. The fourth-order valence-corrected chi connectivity index (χ4v) is 6.89. The van der Waals surface area contributed by atoms with Crippen LogP contribution in [-0.2, 0) is 36.7 Å². The molecule has 4 amide bonds. The van der Waals surface area contributed by atoms with Gasteiger partial charge in [-0.15, -0.1) is 0 Å². The number of ether oxygens (including phenoxy) is 2. The van der Waals surface area contributed by atoms with E-state index < -0.39 is 53.5 Å². The molecule has 3 aromatic rings. The zero-order chi connectivity index (χ0) is 36.0. The molecule has 1 unspecified atom stereocenters. The van der Waals surface area contributed by atoms with E-state index in [1.54, 1.807) is 44.9 Å². The van der Waals surface area contributed by atoms with Crippen LogP contribution >= 0.6 is 0 Å². The molecule has 3 aromatic carbocycles. The Bertz CT molecular complexity index is 1680. The fourth-order valence-electron chi connectivity index (χ4n) is 6.89. The Kier molecular flexibility index (Phi) is 11.7. The van der Waals surface area contributed by atoms with Crippen LogP contribution in [0.2, 0.25) is 0 Å². The summed E-state index contributed by atoms with van der Waals surface area (Å²) in [6, 6.07) is 17.0. The van der Waals surface area contributed by atoms with E-state index in [9.17, 15) is 23.6 Å². The van der Waals surface area contributed by atoms with Crippen LogP contribution < -0.4 is 11.1 Å². The standard InChI is InChI=1S/C38H48FN5O6/c1-38(2,3)50-37(48)44-17-7-10-32(44)35(46)41-31(21-25-12-15-29(39)16-13-25)36(47)43-19-18-42(23-30(43)24-49-4)33(34(40)45)22-26-11-14-27-8-5-6-9-28(27)20-26/h5-6,8-9,11-16,20,30-33H,7,10,17-19,21-24H2,1-4H3,(H2,40,45)(H,41,46)/t30-,31-,32?,33+/m1/s1. The number of methoxy groups -OCH3 is 1. The van der Waals surface area contributed by atoms with Crippen LogP contribution in [0.1, 0.15) is 44.7 Å². The largest absolute Gasteiger partial charge is 0.444 e. The number of halogens is 1. The predicted molar refractivity (Wildman–Crippen MR) is 188 cm³/mol. The summed E-state index contributed by atoms with van der Waals surface area (Å²) in [4.78, 5) is 59.0. The van der Waals surface area contributed by atoms with E-state index in [2.05, 4.69) is 11.4 Å². The molecule has 12 heteroatoms. The Hall–Kier alpha value is -4.55. The van der Waals surface area contributed by atoms with Crippen molar-refractivity contribution in [1.82, 2.24) is 20.0 Å². The van der Waals surface area contributed by atoms with Crippen molar-refractivity contribution in [2.24, 2.45) is 5.73 Å². The van der Waals surface area contributed by atoms with Gasteiger partial charge in [-0.25, -0.2) is 9.18 Å². The number of primary amides is 1. The second-order valence-electron chi connectivity index (χ2n) is 14.2. The minimum Gasteiger partial charge on any atom is -0.444 e. The van der Waals surface area contributed by atoms with Crippen molar-refractivity contribution in [2.75, 3.05) is 39.9 Å². The van der Waals surface area contributed by atoms with Gasteiger partial charge in [0.05, 0.1) is 18.7 Å². The number of rotatable bonds is 11. The summed E-state index contributed by atoms with van der Waals surface area (Å²) in [6.07, 6.45) is 0.980. The van der Waals surface area contributed by atoms with Crippen molar-refractivity contribution in [3.63, 3.8) is 0 Å². The number of piperazine rings is 1. The Morgan fingerprint density at radius 2 is 1.62 bits per heavy atom. The lowest BCUT2D eigenvalue weighted by Crippen LogP contribution is -2.64. The highest BCUT2D eigenvalue weighted by molar-refractivity contribution is 5.92. The van der Waals surface area contributed by atoms with E-state index in [1.807, 2.05) is 41.3 Å². The number of nitrogens with zero attached hydrogens (tertiary/aromatic N) is 3. The van der Waals surface area contributed by atoms with Gasteiger partial charge >= 0.3 is 6.09 Å². The number of amides is 4.